The van der Waals surface area contributed by atoms with E-state index in [0.717, 1.165) is 17.9 Å². The van der Waals surface area contributed by atoms with E-state index in [9.17, 15) is 4.79 Å². The summed E-state index contributed by atoms with van der Waals surface area (Å²) in [6.07, 6.45) is 1.73. The molecule has 4 nitrogen and oxygen atoms in total. The number of halogens is 3. The summed E-state index contributed by atoms with van der Waals surface area (Å²) in [5.41, 5.74) is 0.901. The molecule has 0 aliphatic carbocycles. The lowest BCUT2D eigenvalue weighted by Gasteiger charge is -2.07. The molecule has 20 heavy (non-hydrogen) atoms. The predicted octanol–water partition coefficient (Wildman–Crippen LogP) is 3.96. The third kappa shape index (κ3) is 4.07. The van der Waals surface area contributed by atoms with Crippen molar-refractivity contribution >= 4 is 43.5 Å². The molecule has 0 saturated carbocycles. The van der Waals surface area contributed by atoms with Crippen molar-refractivity contribution in [3.63, 3.8) is 0 Å². The smallest absolute Gasteiger partial charge is 0.279 e. The van der Waals surface area contributed by atoms with Gasteiger partial charge in [-0.05, 0) is 62.4 Å². The highest BCUT2D eigenvalue weighted by atomic mass is 79.9. The van der Waals surface area contributed by atoms with Crippen LogP contribution in [0.4, 0.5) is 0 Å². The van der Waals surface area contributed by atoms with Crippen LogP contribution in [-0.4, -0.2) is 16.8 Å². The molecule has 106 valence electrons. The first-order chi connectivity index (χ1) is 9.58. The molecule has 0 amide bonds. The fourth-order valence-corrected chi connectivity index (χ4v) is 2.35. The maximum atomic E-state index is 11.3. The third-order valence-electron chi connectivity index (χ3n) is 2.60. The van der Waals surface area contributed by atoms with Crippen LogP contribution in [0.15, 0.2) is 38.0 Å². The first kappa shape index (κ1) is 15.5. The topological polar surface area (TPSA) is 55.0 Å². The number of aromatic amines is 1. The molecule has 0 aliphatic rings. The maximum absolute atomic E-state index is 11.3. The Morgan fingerprint density at radius 1 is 1.20 bits per heavy atom. The SMILES string of the molecule is O=c1[nH]nc(OCCCc2ccc(Cl)cc2)c(Br)c1Br. The van der Waals surface area contributed by atoms with Gasteiger partial charge in [-0.2, -0.15) is 0 Å². The Bertz CT molecular complexity index is 644. The quantitative estimate of drug-likeness (QED) is 0.742. The van der Waals surface area contributed by atoms with Crippen LogP contribution in [0.3, 0.4) is 0 Å². The molecule has 2 aromatic rings. The zero-order valence-electron chi connectivity index (χ0n) is 10.3. The summed E-state index contributed by atoms with van der Waals surface area (Å²) in [4.78, 5) is 11.3. The Balaban J connectivity index is 1.86. The van der Waals surface area contributed by atoms with Gasteiger partial charge < -0.3 is 4.74 Å². The van der Waals surface area contributed by atoms with E-state index in [1.54, 1.807) is 0 Å². The Labute approximate surface area is 137 Å². The fourth-order valence-electron chi connectivity index (χ4n) is 1.59. The lowest BCUT2D eigenvalue weighted by atomic mass is 10.1. The summed E-state index contributed by atoms with van der Waals surface area (Å²) in [6.45, 7) is 0.507. The van der Waals surface area contributed by atoms with Crippen LogP contribution in [0, 0.1) is 0 Å². The highest BCUT2D eigenvalue weighted by Crippen LogP contribution is 2.26. The molecule has 0 saturated heterocycles. The van der Waals surface area contributed by atoms with Gasteiger partial charge in [0.2, 0.25) is 5.88 Å². The zero-order chi connectivity index (χ0) is 14.5. The van der Waals surface area contributed by atoms with Crippen molar-refractivity contribution in [3.05, 3.63) is 54.2 Å². The highest BCUT2D eigenvalue weighted by molar-refractivity contribution is 9.13. The molecule has 0 spiro atoms. The Morgan fingerprint density at radius 2 is 1.90 bits per heavy atom. The molecule has 0 unspecified atom stereocenters. The fraction of sp³-hybridized carbons (Fsp3) is 0.231. The Kier molecular flexibility index (Phi) is 5.63. The molecule has 0 atom stereocenters. The van der Waals surface area contributed by atoms with Crippen LogP contribution < -0.4 is 10.3 Å². The van der Waals surface area contributed by atoms with E-state index in [1.165, 1.54) is 5.56 Å². The average Bonchev–Trinajstić information content (AvgIpc) is 2.45. The molecule has 0 radical (unpaired) electrons. The molecule has 7 heteroatoms. The summed E-state index contributed by atoms with van der Waals surface area (Å²) < 4.78 is 6.43. The van der Waals surface area contributed by atoms with Gasteiger partial charge in [0.15, 0.2) is 0 Å². The van der Waals surface area contributed by atoms with Crippen LogP contribution in [0.25, 0.3) is 0 Å². The van der Waals surface area contributed by atoms with E-state index in [2.05, 4.69) is 42.1 Å². The number of aromatic nitrogens is 2. The summed E-state index contributed by atoms with van der Waals surface area (Å²) >= 11 is 12.3. The number of aryl methyl sites for hydroxylation is 1. The maximum Gasteiger partial charge on any atom is 0.279 e. The van der Waals surface area contributed by atoms with Gasteiger partial charge in [-0.3, -0.25) is 4.79 Å². The molecule has 1 N–H and O–H groups in total. The van der Waals surface area contributed by atoms with Crippen LogP contribution in [-0.2, 0) is 6.42 Å². The van der Waals surface area contributed by atoms with Gasteiger partial charge in [0.05, 0.1) is 6.61 Å². The first-order valence-electron chi connectivity index (χ1n) is 5.89. The molecule has 1 aromatic heterocycles. The Hall–Kier alpha value is -0.850. The van der Waals surface area contributed by atoms with Gasteiger partial charge in [-0.25, -0.2) is 5.10 Å². The second kappa shape index (κ2) is 7.24. The number of benzene rings is 1. The minimum Gasteiger partial charge on any atom is -0.476 e. The van der Waals surface area contributed by atoms with E-state index < -0.39 is 0 Å². The molecule has 0 fully saturated rings. The summed E-state index contributed by atoms with van der Waals surface area (Å²) in [6, 6.07) is 7.73. The number of rotatable bonds is 5. The normalized spacial score (nSPS) is 10.6. The van der Waals surface area contributed by atoms with Gasteiger partial charge in [0.1, 0.15) is 8.95 Å². The van der Waals surface area contributed by atoms with Crippen molar-refractivity contribution < 1.29 is 4.74 Å². The highest BCUT2D eigenvalue weighted by Gasteiger charge is 2.10. The molecular weight excluding hydrogens is 411 g/mol. The Morgan fingerprint density at radius 3 is 2.60 bits per heavy atom. The number of ether oxygens (including phenoxy) is 1. The number of nitrogens with one attached hydrogen (secondary N) is 1. The largest absolute Gasteiger partial charge is 0.476 e. The van der Waals surface area contributed by atoms with Gasteiger partial charge in [0.25, 0.3) is 5.56 Å². The third-order valence-corrected chi connectivity index (χ3v) is 4.88. The summed E-state index contributed by atoms with van der Waals surface area (Å²) in [5, 5.41) is 6.93. The number of hydrogen-bond donors (Lipinski definition) is 1. The van der Waals surface area contributed by atoms with Crippen molar-refractivity contribution in [2.24, 2.45) is 0 Å². The minimum atomic E-state index is -0.301. The van der Waals surface area contributed by atoms with E-state index in [4.69, 9.17) is 16.3 Å². The van der Waals surface area contributed by atoms with Gasteiger partial charge >= 0.3 is 0 Å². The zero-order valence-corrected chi connectivity index (χ0v) is 14.3. The van der Waals surface area contributed by atoms with Crippen molar-refractivity contribution in [2.45, 2.75) is 12.8 Å². The van der Waals surface area contributed by atoms with E-state index in [1.807, 2.05) is 24.3 Å². The van der Waals surface area contributed by atoms with Crippen LogP contribution in [0.1, 0.15) is 12.0 Å². The number of hydrogen-bond acceptors (Lipinski definition) is 3. The number of H-pyrrole nitrogens is 1. The average molecular weight is 423 g/mol. The van der Waals surface area contributed by atoms with Crippen molar-refractivity contribution in [3.8, 4) is 5.88 Å². The molecule has 1 heterocycles. The molecule has 1 aromatic carbocycles. The van der Waals surface area contributed by atoms with E-state index >= 15 is 0 Å². The molecular formula is C13H11Br2ClN2O2. The monoisotopic (exact) mass is 420 g/mol. The predicted molar refractivity (Wildman–Crippen MR) is 85.5 cm³/mol. The lowest BCUT2D eigenvalue weighted by molar-refractivity contribution is 0.293. The van der Waals surface area contributed by atoms with E-state index in [-0.39, 0.29) is 5.56 Å². The van der Waals surface area contributed by atoms with Gasteiger partial charge in [-0.1, -0.05) is 23.7 Å². The standard InChI is InChI=1S/C13H11Br2ClN2O2/c14-10-11(15)13(18-17-12(10)19)20-7-1-2-8-3-5-9(16)6-4-8/h3-6H,1-2,7H2,(H,17,19). The molecule has 0 bridgehead atoms. The van der Waals surface area contributed by atoms with Crippen LogP contribution in [0.2, 0.25) is 5.02 Å². The van der Waals surface area contributed by atoms with Crippen molar-refractivity contribution in [2.75, 3.05) is 6.61 Å². The lowest BCUT2D eigenvalue weighted by Crippen LogP contribution is -2.12. The van der Waals surface area contributed by atoms with E-state index in [0.29, 0.717) is 21.4 Å². The van der Waals surface area contributed by atoms with Gasteiger partial charge in [-0.15, -0.1) is 5.10 Å². The van der Waals surface area contributed by atoms with Gasteiger partial charge in [0, 0.05) is 5.02 Å². The molecule has 2 rings (SSSR count). The van der Waals surface area contributed by atoms with Crippen LogP contribution >= 0.6 is 43.5 Å². The number of nitrogens with zero attached hydrogens (tertiary/aromatic N) is 1. The summed E-state index contributed by atoms with van der Waals surface area (Å²) in [7, 11) is 0. The van der Waals surface area contributed by atoms with Crippen molar-refractivity contribution in [1.82, 2.24) is 10.2 Å². The first-order valence-corrected chi connectivity index (χ1v) is 7.85. The molecule has 0 aliphatic heterocycles. The minimum absolute atomic E-state index is 0.301. The van der Waals surface area contributed by atoms with Crippen LogP contribution in [0.5, 0.6) is 5.88 Å². The second-order valence-electron chi connectivity index (χ2n) is 4.06. The summed E-state index contributed by atoms with van der Waals surface area (Å²) in [5.74, 6) is 0.368. The second-order valence-corrected chi connectivity index (χ2v) is 6.09. The van der Waals surface area contributed by atoms with Crippen molar-refractivity contribution in [1.29, 1.82) is 0 Å².